The molecule has 1 aliphatic heterocycles. The van der Waals surface area contributed by atoms with E-state index in [9.17, 15) is 4.79 Å². The van der Waals surface area contributed by atoms with Gasteiger partial charge < -0.3 is 20.1 Å². The summed E-state index contributed by atoms with van der Waals surface area (Å²) in [4.78, 5) is 14.1. The van der Waals surface area contributed by atoms with Crippen LogP contribution >= 0.6 is 0 Å². The number of ether oxygens (including phenoxy) is 2. The quantitative estimate of drug-likeness (QED) is 0.838. The number of amides is 1. The van der Waals surface area contributed by atoms with Gasteiger partial charge in [0.05, 0.1) is 24.5 Å². The van der Waals surface area contributed by atoms with Crippen LogP contribution in [-0.4, -0.2) is 44.2 Å². The number of rotatable bonds is 4. The lowest BCUT2D eigenvalue weighted by Crippen LogP contribution is -2.34. The summed E-state index contributed by atoms with van der Waals surface area (Å²) in [6, 6.07) is 5.20. The first-order valence-corrected chi connectivity index (χ1v) is 6.43. The zero-order chi connectivity index (χ0) is 13.8. The van der Waals surface area contributed by atoms with Crippen LogP contribution in [0.2, 0.25) is 0 Å². The SMILES string of the molecule is COc1c(N)cccc1C(=O)N(C)CC1CCCO1. The number of nitrogens with zero attached hydrogens (tertiary/aromatic N) is 1. The molecule has 1 aliphatic rings. The molecular formula is C14H20N2O3. The van der Waals surface area contributed by atoms with Crippen LogP contribution in [0.3, 0.4) is 0 Å². The number of hydrogen-bond donors (Lipinski definition) is 1. The van der Waals surface area contributed by atoms with E-state index in [1.807, 2.05) is 0 Å². The lowest BCUT2D eigenvalue weighted by Gasteiger charge is -2.22. The van der Waals surface area contributed by atoms with E-state index in [2.05, 4.69) is 0 Å². The zero-order valence-corrected chi connectivity index (χ0v) is 11.4. The first-order chi connectivity index (χ1) is 9.13. The molecule has 1 fully saturated rings. The van der Waals surface area contributed by atoms with Crippen molar-refractivity contribution in [1.82, 2.24) is 4.90 Å². The molecule has 1 saturated heterocycles. The highest BCUT2D eigenvalue weighted by Crippen LogP contribution is 2.27. The Morgan fingerprint density at radius 3 is 3.00 bits per heavy atom. The average molecular weight is 264 g/mol. The van der Waals surface area contributed by atoms with Crippen molar-refractivity contribution >= 4 is 11.6 Å². The van der Waals surface area contributed by atoms with E-state index in [0.29, 0.717) is 23.5 Å². The van der Waals surface area contributed by atoms with Crippen molar-refractivity contribution in [2.24, 2.45) is 0 Å². The molecule has 0 saturated carbocycles. The number of methoxy groups -OCH3 is 1. The van der Waals surface area contributed by atoms with Crippen molar-refractivity contribution < 1.29 is 14.3 Å². The molecule has 0 spiro atoms. The van der Waals surface area contributed by atoms with Gasteiger partial charge in [-0.05, 0) is 25.0 Å². The van der Waals surface area contributed by atoms with Crippen molar-refractivity contribution in [2.45, 2.75) is 18.9 Å². The summed E-state index contributed by atoms with van der Waals surface area (Å²) in [5.41, 5.74) is 6.77. The number of carbonyl (C=O) groups is 1. The first-order valence-electron chi connectivity index (χ1n) is 6.43. The third-order valence-electron chi connectivity index (χ3n) is 3.33. The van der Waals surface area contributed by atoms with Crippen molar-refractivity contribution in [2.75, 3.05) is 33.0 Å². The normalized spacial score (nSPS) is 18.3. The molecule has 1 aromatic rings. The van der Waals surface area contributed by atoms with Gasteiger partial charge in [-0.25, -0.2) is 0 Å². The third kappa shape index (κ3) is 2.98. The minimum atomic E-state index is -0.0975. The Labute approximate surface area is 113 Å². The fourth-order valence-electron chi connectivity index (χ4n) is 2.33. The van der Waals surface area contributed by atoms with Crippen LogP contribution < -0.4 is 10.5 Å². The molecular weight excluding hydrogens is 244 g/mol. The van der Waals surface area contributed by atoms with Gasteiger partial charge in [-0.2, -0.15) is 0 Å². The Balaban J connectivity index is 2.12. The summed E-state index contributed by atoms with van der Waals surface area (Å²) in [5.74, 6) is 0.339. The predicted octanol–water partition coefficient (Wildman–Crippen LogP) is 1.53. The molecule has 19 heavy (non-hydrogen) atoms. The van der Waals surface area contributed by atoms with Crippen molar-refractivity contribution in [3.05, 3.63) is 23.8 Å². The van der Waals surface area contributed by atoms with Gasteiger partial charge in [-0.1, -0.05) is 6.07 Å². The second kappa shape index (κ2) is 5.93. The van der Waals surface area contributed by atoms with Crippen molar-refractivity contribution in [3.8, 4) is 5.75 Å². The largest absolute Gasteiger partial charge is 0.494 e. The van der Waals surface area contributed by atoms with E-state index >= 15 is 0 Å². The van der Waals surface area contributed by atoms with Crippen molar-refractivity contribution in [1.29, 1.82) is 0 Å². The monoisotopic (exact) mass is 264 g/mol. The van der Waals surface area contributed by atoms with Gasteiger partial charge in [-0.15, -0.1) is 0 Å². The van der Waals surface area contributed by atoms with Crippen LogP contribution in [0, 0.1) is 0 Å². The zero-order valence-electron chi connectivity index (χ0n) is 11.4. The lowest BCUT2D eigenvalue weighted by atomic mass is 10.1. The molecule has 0 bridgehead atoms. The highest BCUT2D eigenvalue weighted by molar-refractivity contribution is 5.98. The van der Waals surface area contributed by atoms with Gasteiger partial charge in [0, 0.05) is 20.2 Å². The summed E-state index contributed by atoms with van der Waals surface area (Å²) in [5, 5.41) is 0. The van der Waals surface area contributed by atoms with Crippen LogP contribution in [0.25, 0.3) is 0 Å². The van der Waals surface area contributed by atoms with E-state index in [1.165, 1.54) is 7.11 Å². The maximum absolute atomic E-state index is 12.4. The van der Waals surface area contributed by atoms with E-state index < -0.39 is 0 Å². The van der Waals surface area contributed by atoms with Gasteiger partial charge in [-0.3, -0.25) is 4.79 Å². The minimum absolute atomic E-state index is 0.0975. The predicted molar refractivity (Wildman–Crippen MR) is 73.3 cm³/mol. The Morgan fingerprint density at radius 2 is 2.37 bits per heavy atom. The van der Waals surface area contributed by atoms with Crippen LogP contribution in [0.4, 0.5) is 5.69 Å². The summed E-state index contributed by atoms with van der Waals surface area (Å²) < 4.78 is 10.8. The number of anilines is 1. The maximum Gasteiger partial charge on any atom is 0.257 e. The standard InChI is InChI=1S/C14H20N2O3/c1-16(9-10-5-4-8-19-10)14(17)11-6-3-7-12(15)13(11)18-2/h3,6-7,10H,4-5,8-9,15H2,1-2H3. The number of para-hydroxylation sites is 1. The number of hydrogen-bond acceptors (Lipinski definition) is 4. The topological polar surface area (TPSA) is 64.8 Å². The Hall–Kier alpha value is -1.75. The number of carbonyl (C=O) groups excluding carboxylic acids is 1. The fraction of sp³-hybridized carbons (Fsp3) is 0.500. The summed E-state index contributed by atoms with van der Waals surface area (Å²) >= 11 is 0. The molecule has 0 aliphatic carbocycles. The third-order valence-corrected chi connectivity index (χ3v) is 3.33. The van der Waals surface area contributed by atoms with E-state index in [-0.39, 0.29) is 12.0 Å². The number of nitrogens with two attached hydrogens (primary N) is 1. The summed E-state index contributed by atoms with van der Waals surface area (Å²) in [6.07, 6.45) is 2.21. The molecule has 5 nitrogen and oxygen atoms in total. The lowest BCUT2D eigenvalue weighted by molar-refractivity contribution is 0.0584. The molecule has 1 heterocycles. The van der Waals surface area contributed by atoms with E-state index in [0.717, 1.165) is 19.4 Å². The van der Waals surface area contributed by atoms with Gasteiger partial charge in [0.25, 0.3) is 5.91 Å². The first kappa shape index (κ1) is 13.7. The van der Waals surface area contributed by atoms with Crippen LogP contribution in [0.5, 0.6) is 5.75 Å². The summed E-state index contributed by atoms with van der Waals surface area (Å²) in [6.45, 7) is 1.38. The second-order valence-corrected chi connectivity index (χ2v) is 4.75. The minimum Gasteiger partial charge on any atom is -0.494 e. The molecule has 1 aromatic carbocycles. The van der Waals surface area contributed by atoms with Crippen molar-refractivity contribution in [3.63, 3.8) is 0 Å². The molecule has 2 N–H and O–H groups in total. The number of nitrogen functional groups attached to an aromatic ring is 1. The molecule has 0 radical (unpaired) electrons. The molecule has 1 atom stereocenters. The maximum atomic E-state index is 12.4. The van der Waals surface area contributed by atoms with E-state index in [4.69, 9.17) is 15.2 Å². The fourth-order valence-corrected chi connectivity index (χ4v) is 2.33. The smallest absolute Gasteiger partial charge is 0.257 e. The number of likely N-dealkylation sites (N-methyl/N-ethyl adjacent to an activating group) is 1. The Kier molecular flexibility index (Phi) is 4.27. The molecule has 2 rings (SSSR count). The molecule has 5 heteroatoms. The van der Waals surface area contributed by atoms with Crippen LogP contribution in [0.15, 0.2) is 18.2 Å². The summed E-state index contributed by atoms with van der Waals surface area (Å²) in [7, 11) is 3.29. The van der Waals surface area contributed by atoms with Crippen LogP contribution in [-0.2, 0) is 4.74 Å². The highest BCUT2D eigenvalue weighted by atomic mass is 16.5. The van der Waals surface area contributed by atoms with Gasteiger partial charge in [0.15, 0.2) is 5.75 Å². The van der Waals surface area contributed by atoms with E-state index in [1.54, 1.807) is 30.1 Å². The average Bonchev–Trinajstić information content (AvgIpc) is 2.90. The Bertz CT molecular complexity index is 456. The Morgan fingerprint density at radius 1 is 1.58 bits per heavy atom. The molecule has 1 amide bonds. The highest BCUT2D eigenvalue weighted by Gasteiger charge is 2.23. The van der Waals surface area contributed by atoms with Crippen LogP contribution in [0.1, 0.15) is 23.2 Å². The molecule has 104 valence electrons. The number of benzene rings is 1. The van der Waals surface area contributed by atoms with Gasteiger partial charge >= 0.3 is 0 Å². The van der Waals surface area contributed by atoms with Gasteiger partial charge in [0.2, 0.25) is 0 Å². The van der Waals surface area contributed by atoms with Gasteiger partial charge in [0.1, 0.15) is 0 Å². The second-order valence-electron chi connectivity index (χ2n) is 4.75. The molecule has 1 unspecified atom stereocenters. The molecule has 0 aromatic heterocycles.